The van der Waals surface area contributed by atoms with Crippen molar-refractivity contribution in [1.82, 2.24) is 15.2 Å². The zero-order chi connectivity index (χ0) is 28.0. The highest BCUT2D eigenvalue weighted by Crippen LogP contribution is 2.36. The van der Waals surface area contributed by atoms with Gasteiger partial charge < -0.3 is 19.9 Å². The number of hydrogen-bond acceptors (Lipinski definition) is 6. The molecule has 1 fully saturated rings. The smallest absolute Gasteiger partial charge is 0.417 e. The molecule has 0 bridgehead atoms. The van der Waals surface area contributed by atoms with E-state index in [0.29, 0.717) is 43.2 Å². The normalized spacial score (nSPS) is 15.8. The summed E-state index contributed by atoms with van der Waals surface area (Å²) in [4.78, 5) is 30.5. The number of halogens is 3. The molecule has 2 N–H and O–H groups in total. The van der Waals surface area contributed by atoms with E-state index in [-0.39, 0.29) is 24.4 Å². The number of nitrogens with zero attached hydrogens (tertiary/aromatic N) is 2. The van der Waals surface area contributed by atoms with Crippen LogP contribution in [0.15, 0.2) is 66.9 Å². The monoisotopic (exact) mass is 543 g/mol. The molecule has 206 valence electrons. The zero-order valence-corrected chi connectivity index (χ0v) is 21.2. The standard InChI is InChI=1S/C28H28F3N3O5/c1-27(26(36)37,34-12-14-38-15-13-34)18-33-25(35)20-6-8-21(9-7-20)39-17-19-10-11-32-24(16-19)22-4-2-3-5-23(22)28(29,30)31/h2-11,16H,12-15,17-18H2,1H3,(H,33,35)(H,36,37)/t27-/m0/s1. The van der Waals surface area contributed by atoms with Crippen LogP contribution in [-0.2, 0) is 22.3 Å². The van der Waals surface area contributed by atoms with E-state index in [1.165, 1.54) is 24.4 Å². The third-order valence-corrected chi connectivity index (χ3v) is 6.62. The van der Waals surface area contributed by atoms with Crippen LogP contribution in [0.4, 0.5) is 13.2 Å². The molecule has 1 aromatic heterocycles. The second-order valence-electron chi connectivity index (χ2n) is 9.27. The van der Waals surface area contributed by atoms with Gasteiger partial charge in [-0.05, 0) is 55.0 Å². The molecule has 1 atom stereocenters. The summed E-state index contributed by atoms with van der Waals surface area (Å²) >= 11 is 0. The Kier molecular flexibility index (Phi) is 8.51. The Morgan fingerprint density at radius 1 is 1.08 bits per heavy atom. The number of carboxylic acids is 1. The largest absolute Gasteiger partial charge is 0.489 e. The Morgan fingerprint density at radius 3 is 2.44 bits per heavy atom. The Bertz CT molecular complexity index is 1310. The zero-order valence-electron chi connectivity index (χ0n) is 21.2. The van der Waals surface area contributed by atoms with Crippen LogP contribution in [0.1, 0.15) is 28.4 Å². The number of carboxylic acid groups (broad SMARTS) is 1. The second-order valence-corrected chi connectivity index (χ2v) is 9.27. The molecule has 0 saturated carbocycles. The van der Waals surface area contributed by atoms with E-state index < -0.39 is 29.2 Å². The van der Waals surface area contributed by atoms with Gasteiger partial charge in [0.1, 0.15) is 17.9 Å². The molecule has 1 aliphatic rings. The van der Waals surface area contributed by atoms with Crippen molar-refractivity contribution in [1.29, 1.82) is 0 Å². The predicted octanol–water partition coefficient (Wildman–Crippen LogP) is 4.25. The number of benzene rings is 2. The Hall–Kier alpha value is -3.96. The van der Waals surface area contributed by atoms with Crippen LogP contribution >= 0.6 is 0 Å². The third-order valence-electron chi connectivity index (χ3n) is 6.62. The number of nitrogens with one attached hydrogen (secondary N) is 1. The summed E-state index contributed by atoms with van der Waals surface area (Å²) in [6, 6.07) is 14.7. The highest BCUT2D eigenvalue weighted by molar-refractivity contribution is 5.94. The van der Waals surface area contributed by atoms with Gasteiger partial charge in [0, 0.05) is 37.0 Å². The number of ether oxygens (including phenoxy) is 2. The molecule has 1 saturated heterocycles. The summed E-state index contributed by atoms with van der Waals surface area (Å²) in [6.07, 6.45) is -3.08. The van der Waals surface area contributed by atoms with Crippen molar-refractivity contribution in [3.05, 3.63) is 83.6 Å². The average Bonchev–Trinajstić information content (AvgIpc) is 2.95. The molecule has 0 aliphatic carbocycles. The van der Waals surface area contributed by atoms with Gasteiger partial charge in [0.25, 0.3) is 5.91 Å². The van der Waals surface area contributed by atoms with E-state index in [2.05, 4.69) is 10.3 Å². The number of aromatic nitrogens is 1. The average molecular weight is 544 g/mol. The van der Waals surface area contributed by atoms with Crippen molar-refractivity contribution < 1.29 is 37.3 Å². The van der Waals surface area contributed by atoms with E-state index in [9.17, 15) is 27.9 Å². The van der Waals surface area contributed by atoms with Crippen molar-refractivity contribution in [2.24, 2.45) is 0 Å². The second kappa shape index (κ2) is 11.8. The first kappa shape index (κ1) is 28.1. The summed E-state index contributed by atoms with van der Waals surface area (Å²) in [5, 5.41) is 12.5. The van der Waals surface area contributed by atoms with Crippen LogP contribution in [0.3, 0.4) is 0 Å². The molecule has 2 aromatic carbocycles. The lowest BCUT2D eigenvalue weighted by Gasteiger charge is -2.40. The molecule has 8 nitrogen and oxygen atoms in total. The molecule has 0 unspecified atom stereocenters. The Labute approximate surface area is 223 Å². The topological polar surface area (TPSA) is 101 Å². The molecule has 2 heterocycles. The maximum Gasteiger partial charge on any atom is 0.417 e. The van der Waals surface area contributed by atoms with Gasteiger partial charge in [0.05, 0.1) is 24.5 Å². The molecule has 0 spiro atoms. The van der Waals surface area contributed by atoms with Crippen LogP contribution in [0.2, 0.25) is 0 Å². The molecular formula is C28H28F3N3O5. The van der Waals surface area contributed by atoms with Crippen LogP contribution in [0.25, 0.3) is 11.3 Å². The van der Waals surface area contributed by atoms with E-state index in [1.807, 2.05) is 0 Å². The minimum atomic E-state index is -4.51. The molecule has 1 aliphatic heterocycles. The van der Waals surface area contributed by atoms with Gasteiger partial charge >= 0.3 is 12.1 Å². The Balaban J connectivity index is 1.37. The fourth-order valence-electron chi connectivity index (χ4n) is 4.27. The Morgan fingerprint density at radius 2 is 1.77 bits per heavy atom. The van der Waals surface area contributed by atoms with Crippen LogP contribution in [0, 0.1) is 0 Å². The number of aliphatic carboxylic acids is 1. The minimum Gasteiger partial charge on any atom is -0.489 e. The fraction of sp³-hybridized carbons (Fsp3) is 0.321. The highest BCUT2D eigenvalue weighted by atomic mass is 19.4. The SMILES string of the molecule is C[C@](CNC(=O)c1ccc(OCc2ccnc(-c3ccccc3C(F)(F)F)c2)cc1)(C(=O)O)N1CCOCC1. The molecule has 11 heteroatoms. The number of pyridine rings is 1. The highest BCUT2D eigenvalue weighted by Gasteiger charge is 2.40. The number of amides is 1. The third kappa shape index (κ3) is 6.73. The summed E-state index contributed by atoms with van der Waals surface area (Å²) < 4.78 is 51.3. The number of hydrogen-bond donors (Lipinski definition) is 2. The van der Waals surface area contributed by atoms with Crippen LogP contribution in [0.5, 0.6) is 5.75 Å². The van der Waals surface area contributed by atoms with Gasteiger partial charge in [-0.2, -0.15) is 13.2 Å². The van der Waals surface area contributed by atoms with Crippen molar-refractivity contribution in [3.63, 3.8) is 0 Å². The number of alkyl halides is 3. The van der Waals surface area contributed by atoms with Gasteiger partial charge in [0.15, 0.2) is 0 Å². The van der Waals surface area contributed by atoms with Gasteiger partial charge in [-0.15, -0.1) is 0 Å². The van der Waals surface area contributed by atoms with E-state index in [1.54, 1.807) is 48.2 Å². The summed E-state index contributed by atoms with van der Waals surface area (Å²) in [5.41, 5.74) is -0.928. The number of carbonyl (C=O) groups is 2. The molecule has 0 radical (unpaired) electrons. The number of morpholine rings is 1. The van der Waals surface area contributed by atoms with E-state index >= 15 is 0 Å². The van der Waals surface area contributed by atoms with Crippen molar-refractivity contribution in [2.45, 2.75) is 25.2 Å². The van der Waals surface area contributed by atoms with Gasteiger partial charge in [-0.25, -0.2) is 0 Å². The lowest BCUT2D eigenvalue weighted by molar-refractivity contribution is -0.153. The molecule has 1 amide bonds. The molecular weight excluding hydrogens is 515 g/mol. The first-order valence-electron chi connectivity index (χ1n) is 12.3. The van der Waals surface area contributed by atoms with Gasteiger partial charge in [0.2, 0.25) is 0 Å². The van der Waals surface area contributed by atoms with E-state index in [4.69, 9.17) is 9.47 Å². The lowest BCUT2D eigenvalue weighted by atomic mass is 9.99. The maximum atomic E-state index is 13.4. The summed E-state index contributed by atoms with van der Waals surface area (Å²) in [6.45, 7) is 3.34. The summed E-state index contributed by atoms with van der Waals surface area (Å²) in [5.74, 6) is -1.01. The number of carbonyl (C=O) groups excluding carboxylic acids is 1. The first-order chi connectivity index (χ1) is 18.6. The van der Waals surface area contributed by atoms with Crippen molar-refractivity contribution in [2.75, 3.05) is 32.8 Å². The molecule has 3 aromatic rings. The van der Waals surface area contributed by atoms with Crippen LogP contribution in [-0.4, -0.2) is 65.3 Å². The predicted molar refractivity (Wildman–Crippen MR) is 136 cm³/mol. The van der Waals surface area contributed by atoms with Crippen LogP contribution < -0.4 is 10.1 Å². The first-order valence-corrected chi connectivity index (χ1v) is 12.3. The quantitative estimate of drug-likeness (QED) is 0.416. The van der Waals surface area contributed by atoms with E-state index in [0.717, 1.165) is 6.07 Å². The maximum absolute atomic E-state index is 13.4. The lowest BCUT2D eigenvalue weighted by Crippen LogP contribution is -2.61. The van der Waals surface area contributed by atoms with Crippen molar-refractivity contribution in [3.8, 4) is 17.0 Å². The molecule has 39 heavy (non-hydrogen) atoms. The number of rotatable bonds is 9. The molecule has 4 rings (SSSR count). The fourth-order valence-corrected chi connectivity index (χ4v) is 4.27. The van der Waals surface area contributed by atoms with Gasteiger partial charge in [-0.3, -0.25) is 19.5 Å². The van der Waals surface area contributed by atoms with Crippen molar-refractivity contribution >= 4 is 11.9 Å². The van der Waals surface area contributed by atoms with Gasteiger partial charge in [-0.1, -0.05) is 18.2 Å². The summed E-state index contributed by atoms with van der Waals surface area (Å²) in [7, 11) is 0. The minimum absolute atomic E-state index is 0.0187.